The number of nitrogens with zero attached hydrogens (tertiary/aromatic N) is 1. The van der Waals surface area contributed by atoms with Gasteiger partial charge in [0.15, 0.2) is 29.8 Å². The van der Waals surface area contributed by atoms with E-state index in [9.17, 15) is 34.2 Å². The van der Waals surface area contributed by atoms with E-state index in [1.165, 1.54) is 7.11 Å². The number of benzene rings is 1. The molecule has 5 rings (SSSR count). The zero-order valence-corrected chi connectivity index (χ0v) is 24.2. The average Bonchev–Trinajstić information content (AvgIpc) is 3.31. The number of aliphatic carboxylic acids is 2. The van der Waals surface area contributed by atoms with E-state index >= 15 is 0 Å². The molecule has 0 aromatic heterocycles. The molecular formula is C29H33NO14. The van der Waals surface area contributed by atoms with Gasteiger partial charge in [-0.25, -0.2) is 14.4 Å². The Labute approximate surface area is 250 Å². The maximum atomic E-state index is 12.9. The first kappa shape index (κ1) is 31.2. The lowest BCUT2D eigenvalue weighted by Crippen LogP contribution is -2.74. The van der Waals surface area contributed by atoms with Crippen LogP contribution in [0.1, 0.15) is 43.7 Å². The number of rotatable bonds is 11. The lowest BCUT2D eigenvalue weighted by molar-refractivity contribution is -0.181. The molecule has 0 unspecified atom stereocenters. The topological polar surface area (TPSA) is 216 Å². The number of carboxylic acid groups (broad SMARTS) is 2. The fourth-order valence-corrected chi connectivity index (χ4v) is 6.88. The molecule has 2 heterocycles. The molecule has 0 amide bonds. The van der Waals surface area contributed by atoms with Crippen LogP contribution >= 0.6 is 0 Å². The fourth-order valence-electron chi connectivity index (χ4n) is 6.88. The number of ether oxygens (including phenoxy) is 5. The number of carboxylic acids is 2. The van der Waals surface area contributed by atoms with Crippen molar-refractivity contribution >= 4 is 29.8 Å². The van der Waals surface area contributed by atoms with E-state index in [2.05, 4.69) is 9.64 Å². The SMILES string of the molecule is COc1ccc2c3c1O[C@@H]1C(OC(=O)C[C@H](O)C(=O)O[C@@H](C)C(=O)O[C@H](CC(=O)O)C(=O)O)=CC[C@]4(O)[C@H](C2)N(C)CC[C@@]314. The van der Waals surface area contributed by atoms with Crippen LogP contribution in [0.15, 0.2) is 24.0 Å². The molecule has 7 atom stereocenters. The van der Waals surface area contributed by atoms with Crippen LogP contribution in [0.4, 0.5) is 0 Å². The average molecular weight is 620 g/mol. The zero-order valence-electron chi connectivity index (χ0n) is 24.2. The Kier molecular flexibility index (Phi) is 8.07. The van der Waals surface area contributed by atoms with Crippen LogP contribution in [0.5, 0.6) is 11.5 Å². The summed E-state index contributed by atoms with van der Waals surface area (Å²) < 4.78 is 26.9. The number of hydrogen-bond acceptors (Lipinski definition) is 13. The molecule has 1 aromatic carbocycles. The first-order chi connectivity index (χ1) is 20.7. The van der Waals surface area contributed by atoms with Crippen LogP contribution in [0.2, 0.25) is 0 Å². The summed E-state index contributed by atoms with van der Waals surface area (Å²) in [6.45, 7) is 1.67. The Bertz CT molecular complexity index is 1440. The highest BCUT2D eigenvalue weighted by Crippen LogP contribution is 2.65. The van der Waals surface area contributed by atoms with E-state index in [-0.39, 0.29) is 18.2 Å². The molecule has 2 bridgehead atoms. The van der Waals surface area contributed by atoms with Gasteiger partial charge < -0.3 is 49.0 Å². The summed E-state index contributed by atoms with van der Waals surface area (Å²) in [5.74, 6) is -5.97. The van der Waals surface area contributed by atoms with Crippen LogP contribution in [0.3, 0.4) is 0 Å². The normalized spacial score (nSPS) is 28.2. The maximum Gasteiger partial charge on any atom is 0.348 e. The van der Waals surface area contributed by atoms with Gasteiger partial charge in [0, 0.05) is 18.0 Å². The summed E-state index contributed by atoms with van der Waals surface area (Å²) in [4.78, 5) is 61.5. The monoisotopic (exact) mass is 619 g/mol. The van der Waals surface area contributed by atoms with Crippen molar-refractivity contribution in [1.82, 2.24) is 4.90 Å². The molecule has 0 radical (unpaired) electrons. The molecule has 238 valence electrons. The molecule has 4 aliphatic rings. The number of aliphatic hydroxyl groups excluding tert-OH is 1. The number of carbonyl (C=O) groups is 5. The summed E-state index contributed by atoms with van der Waals surface area (Å²) in [7, 11) is 3.46. The largest absolute Gasteiger partial charge is 0.493 e. The number of likely N-dealkylation sites (tertiary alicyclic amines) is 1. The van der Waals surface area contributed by atoms with Crippen molar-refractivity contribution in [1.29, 1.82) is 0 Å². The smallest absolute Gasteiger partial charge is 0.348 e. The van der Waals surface area contributed by atoms with E-state index in [0.29, 0.717) is 30.9 Å². The van der Waals surface area contributed by atoms with Gasteiger partial charge in [0.25, 0.3) is 0 Å². The van der Waals surface area contributed by atoms with Gasteiger partial charge in [-0.15, -0.1) is 0 Å². The molecule has 2 aliphatic carbocycles. The van der Waals surface area contributed by atoms with Crippen molar-refractivity contribution in [3.8, 4) is 11.5 Å². The number of piperidine rings is 1. The van der Waals surface area contributed by atoms with E-state index in [1.54, 1.807) is 12.1 Å². The van der Waals surface area contributed by atoms with Gasteiger partial charge in [-0.3, -0.25) is 9.59 Å². The molecule has 4 N–H and O–H groups in total. The standard InChI is InChI=1S/C29H33NO14/c1-13(26(37)43-18(25(35)36)12-20(32)33)41-27(38)15(31)11-21(34)42-17-6-7-29(39)19-10-14-4-5-16(40-3)23-22(14)28(29,24(17)44-23)8-9-30(19)2/h4-6,13,15,18-19,24,31,39H,7-12H2,1-3H3,(H,32,33)(H,35,36)/t13-,15-,18+,19-,24+,28+,29-/m0/s1. The number of likely N-dealkylation sites (N-methyl/N-ethyl adjacent to an activating group) is 1. The number of esters is 3. The molecular weight excluding hydrogens is 586 g/mol. The minimum atomic E-state index is -2.07. The van der Waals surface area contributed by atoms with E-state index < -0.39 is 78.1 Å². The van der Waals surface area contributed by atoms with Crippen molar-refractivity contribution in [2.75, 3.05) is 20.7 Å². The zero-order chi connectivity index (χ0) is 32.1. The minimum Gasteiger partial charge on any atom is -0.493 e. The summed E-state index contributed by atoms with van der Waals surface area (Å²) in [5, 5.41) is 40.3. The molecule has 15 nitrogen and oxygen atoms in total. The summed E-state index contributed by atoms with van der Waals surface area (Å²) >= 11 is 0. The summed E-state index contributed by atoms with van der Waals surface area (Å²) in [6, 6.07) is 3.53. The van der Waals surface area contributed by atoms with Gasteiger partial charge in [-0.05, 0) is 51.1 Å². The number of aliphatic hydroxyl groups is 2. The number of methoxy groups -OCH3 is 1. The van der Waals surface area contributed by atoms with Gasteiger partial charge in [-0.2, -0.15) is 0 Å². The van der Waals surface area contributed by atoms with Crippen molar-refractivity contribution in [3.63, 3.8) is 0 Å². The summed E-state index contributed by atoms with van der Waals surface area (Å²) in [6.07, 6.45) is -5.76. The molecule has 1 fully saturated rings. The fraction of sp³-hybridized carbons (Fsp3) is 0.552. The Balaban J connectivity index is 1.27. The highest BCUT2D eigenvalue weighted by atomic mass is 16.6. The van der Waals surface area contributed by atoms with Crippen LogP contribution in [0.25, 0.3) is 0 Å². The lowest BCUT2D eigenvalue weighted by atomic mass is 9.50. The third kappa shape index (κ3) is 4.94. The predicted octanol–water partition coefficient (Wildman–Crippen LogP) is -0.330. The van der Waals surface area contributed by atoms with Crippen molar-refractivity contribution in [2.24, 2.45) is 0 Å². The molecule has 1 saturated heterocycles. The van der Waals surface area contributed by atoms with E-state index in [1.807, 2.05) is 13.1 Å². The van der Waals surface area contributed by atoms with Crippen LogP contribution in [0, 0.1) is 0 Å². The Morgan fingerprint density at radius 1 is 1.11 bits per heavy atom. The molecule has 2 aliphatic heterocycles. The molecule has 44 heavy (non-hydrogen) atoms. The number of hydrogen-bond donors (Lipinski definition) is 4. The minimum absolute atomic E-state index is 0.115. The number of carbonyl (C=O) groups excluding carboxylic acids is 3. The van der Waals surface area contributed by atoms with Crippen LogP contribution in [-0.4, -0.2) is 112 Å². The van der Waals surface area contributed by atoms with Crippen molar-refractivity contribution in [3.05, 3.63) is 35.1 Å². The van der Waals surface area contributed by atoms with Gasteiger partial charge in [0.05, 0.1) is 31.0 Å². The predicted molar refractivity (Wildman–Crippen MR) is 144 cm³/mol. The Morgan fingerprint density at radius 3 is 2.50 bits per heavy atom. The molecule has 1 aromatic rings. The first-order valence-corrected chi connectivity index (χ1v) is 14.0. The highest BCUT2D eigenvalue weighted by Gasteiger charge is 2.72. The van der Waals surface area contributed by atoms with Crippen LogP contribution in [-0.2, 0) is 50.0 Å². The highest BCUT2D eigenvalue weighted by molar-refractivity contribution is 5.87. The van der Waals surface area contributed by atoms with Gasteiger partial charge in [-0.1, -0.05) is 6.07 Å². The van der Waals surface area contributed by atoms with E-state index in [4.69, 9.17) is 29.2 Å². The van der Waals surface area contributed by atoms with Gasteiger partial charge in [0.2, 0.25) is 6.10 Å². The Morgan fingerprint density at radius 2 is 1.84 bits per heavy atom. The van der Waals surface area contributed by atoms with Gasteiger partial charge in [0.1, 0.15) is 5.76 Å². The third-order valence-corrected chi connectivity index (χ3v) is 8.94. The van der Waals surface area contributed by atoms with Gasteiger partial charge >= 0.3 is 29.8 Å². The molecule has 1 spiro atoms. The molecule has 15 heteroatoms. The molecule has 0 saturated carbocycles. The Hall–Kier alpha value is -4.21. The second kappa shape index (κ2) is 11.4. The summed E-state index contributed by atoms with van der Waals surface area (Å²) in [5.41, 5.74) is -0.342. The lowest BCUT2D eigenvalue weighted by Gasteiger charge is -2.61. The van der Waals surface area contributed by atoms with Crippen molar-refractivity contribution in [2.45, 2.75) is 80.5 Å². The quantitative estimate of drug-likeness (QED) is 0.184. The second-order valence-corrected chi connectivity index (χ2v) is 11.4. The van der Waals surface area contributed by atoms with E-state index in [0.717, 1.165) is 18.1 Å². The third-order valence-electron chi connectivity index (χ3n) is 8.94. The second-order valence-electron chi connectivity index (χ2n) is 11.4. The maximum absolute atomic E-state index is 12.9. The van der Waals surface area contributed by atoms with Crippen molar-refractivity contribution < 1.29 is 68.1 Å². The first-order valence-electron chi connectivity index (χ1n) is 14.0. The van der Waals surface area contributed by atoms with Crippen LogP contribution < -0.4 is 9.47 Å².